The Hall–Kier alpha value is -1.99. The summed E-state index contributed by atoms with van der Waals surface area (Å²) < 4.78 is 14.4. The molecule has 5 nitrogen and oxygen atoms in total. The molecule has 1 aromatic heterocycles. The molecule has 1 saturated heterocycles. The van der Waals surface area contributed by atoms with Crippen LogP contribution < -0.4 is 10.2 Å². The summed E-state index contributed by atoms with van der Waals surface area (Å²) in [4.78, 5) is 21.1. The molecule has 126 valence electrons. The zero-order chi connectivity index (χ0) is 17.1. The van der Waals surface area contributed by atoms with Gasteiger partial charge in [0.2, 0.25) is 0 Å². The van der Waals surface area contributed by atoms with Crippen molar-refractivity contribution in [2.24, 2.45) is 0 Å². The van der Waals surface area contributed by atoms with Crippen molar-refractivity contribution in [1.82, 2.24) is 9.88 Å². The Morgan fingerprint density at radius 3 is 2.62 bits per heavy atom. The van der Waals surface area contributed by atoms with Crippen LogP contribution in [-0.4, -0.2) is 49.0 Å². The van der Waals surface area contributed by atoms with E-state index in [9.17, 15) is 9.18 Å². The highest BCUT2D eigenvalue weighted by atomic mass is 79.9. The number of halogens is 2. The van der Waals surface area contributed by atoms with Crippen molar-refractivity contribution < 1.29 is 9.18 Å². The maximum absolute atomic E-state index is 13.8. The van der Waals surface area contributed by atoms with Gasteiger partial charge in [0.1, 0.15) is 11.6 Å². The van der Waals surface area contributed by atoms with Gasteiger partial charge < -0.3 is 15.1 Å². The van der Waals surface area contributed by atoms with Crippen LogP contribution in [0.3, 0.4) is 0 Å². The summed E-state index contributed by atoms with van der Waals surface area (Å²) in [6, 6.07) is 7.93. The first-order valence-electron chi connectivity index (χ1n) is 7.69. The molecule has 1 aliphatic rings. The van der Waals surface area contributed by atoms with E-state index in [2.05, 4.69) is 43.1 Å². The molecule has 0 atom stereocenters. The van der Waals surface area contributed by atoms with E-state index in [-0.39, 0.29) is 5.56 Å². The van der Waals surface area contributed by atoms with Gasteiger partial charge in [0.25, 0.3) is 5.91 Å². The number of benzene rings is 1. The predicted molar refractivity (Wildman–Crippen MR) is 96.0 cm³/mol. The number of hydrogen-bond donors (Lipinski definition) is 1. The largest absolute Gasteiger partial charge is 0.354 e. The maximum atomic E-state index is 13.8. The van der Waals surface area contributed by atoms with Gasteiger partial charge in [-0.2, -0.15) is 0 Å². The third-order valence-corrected chi connectivity index (χ3v) is 4.50. The summed E-state index contributed by atoms with van der Waals surface area (Å²) in [6.07, 6.45) is 1.60. The Bertz CT molecular complexity index is 730. The number of piperazine rings is 1. The molecular weight excluding hydrogens is 375 g/mol. The Morgan fingerprint density at radius 1 is 1.21 bits per heavy atom. The summed E-state index contributed by atoms with van der Waals surface area (Å²) >= 11 is 3.24. The average Bonchev–Trinajstić information content (AvgIpc) is 2.58. The number of carbonyl (C=O) groups is 1. The lowest BCUT2D eigenvalue weighted by molar-refractivity contribution is 0.102. The highest BCUT2D eigenvalue weighted by Gasteiger charge is 2.16. The second-order valence-electron chi connectivity index (χ2n) is 5.77. The number of nitrogens with zero attached hydrogens (tertiary/aromatic N) is 3. The highest BCUT2D eigenvalue weighted by molar-refractivity contribution is 9.10. The molecule has 1 fully saturated rings. The average molecular weight is 393 g/mol. The van der Waals surface area contributed by atoms with Gasteiger partial charge in [0.05, 0.1) is 17.4 Å². The molecule has 1 aromatic carbocycles. The van der Waals surface area contributed by atoms with Gasteiger partial charge >= 0.3 is 0 Å². The second kappa shape index (κ2) is 7.27. The van der Waals surface area contributed by atoms with E-state index < -0.39 is 11.7 Å². The Labute approximate surface area is 148 Å². The molecule has 0 radical (unpaired) electrons. The lowest BCUT2D eigenvalue weighted by Gasteiger charge is -2.33. The van der Waals surface area contributed by atoms with E-state index in [1.54, 1.807) is 18.3 Å². The van der Waals surface area contributed by atoms with Gasteiger partial charge in [-0.1, -0.05) is 15.9 Å². The number of rotatable bonds is 3. The Kier molecular flexibility index (Phi) is 5.11. The molecule has 7 heteroatoms. The van der Waals surface area contributed by atoms with Gasteiger partial charge in [0, 0.05) is 30.7 Å². The first-order valence-corrected chi connectivity index (χ1v) is 8.48. The zero-order valence-electron chi connectivity index (χ0n) is 13.3. The number of likely N-dealkylation sites (N-methyl/N-ethyl adjacent to an activating group) is 1. The molecule has 1 N–H and O–H groups in total. The van der Waals surface area contributed by atoms with Crippen molar-refractivity contribution >= 4 is 33.3 Å². The van der Waals surface area contributed by atoms with Crippen LogP contribution in [0.25, 0.3) is 0 Å². The summed E-state index contributed by atoms with van der Waals surface area (Å²) in [5.74, 6) is -0.171. The fraction of sp³-hybridized carbons (Fsp3) is 0.294. The molecule has 2 aromatic rings. The number of aromatic nitrogens is 1. The topological polar surface area (TPSA) is 48.5 Å². The minimum atomic E-state index is -0.558. The van der Waals surface area contributed by atoms with Gasteiger partial charge in [0.15, 0.2) is 0 Å². The van der Waals surface area contributed by atoms with E-state index in [1.807, 2.05) is 6.07 Å². The van der Waals surface area contributed by atoms with Crippen molar-refractivity contribution in [3.63, 3.8) is 0 Å². The van der Waals surface area contributed by atoms with Crippen LogP contribution in [-0.2, 0) is 0 Å². The van der Waals surface area contributed by atoms with E-state index in [0.717, 1.165) is 32.0 Å². The Balaban J connectivity index is 1.68. The fourth-order valence-electron chi connectivity index (χ4n) is 2.55. The van der Waals surface area contributed by atoms with Crippen LogP contribution in [0, 0.1) is 5.82 Å². The van der Waals surface area contributed by atoms with Crippen molar-refractivity contribution in [3.05, 3.63) is 52.4 Å². The molecule has 0 bridgehead atoms. The van der Waals surface area contributed by atoms with Gasteiger partial charge in [-0.05, 0) is 37.4 Å². The maximum Gasteiger partial charge on any atom is 0.258 e. The molecule has 2 heterocycles. The summed E-state index contributed by atoms with van der Waals surface area (Å²) in [5, 5.41) is 2.67. The molecule has 1 amide bonds. The van der Waals surface area contributed by atoms with E-state index >= 15 is 0 Å². The first kappa shape index (κ1) is 16.9. The first-order chi connectivity index (χ1) is 11.5. The predicted octanol–water partition coefficient (Wildman–Crippen LogP) is 2.99. The van der Waals surface area contributed by atoms with E-state index in [1.165, 1.54) is 12.1 Å². The number of amides is 1. The smallest absolute Gasteiger partial charge is 0.258 e. The normalized spacial score (nSPS) is 15.4. The molecule has 24 heavy (non-hydrogen) atoms. The van der Waals surface area contributed by atoms with Crippen molar-refractivity contribution in [3.8, 4) is 0 Å². The SMILES string of the molecule is CN1CCN(c2ccc(NC(=O)c3cc(Br)ccc3F)cn2)CC1. The van der Waals surface area contributed by atoms with Crippen LogP contribution in [0.15, 0.2) is 41.0 Å². The van der Waals surface area contributed by atoms with Crippen molar-refractivity contribution in [2.75, 3.05) is 43.4 Å². The third kappa shape index (κ3) is 3.91. The lowest BCUT2D eigenvalue weighted by Crippen LogP contribution is -2.44. The number of nitrogens with one attached hydrogen (secondary N) is 1. The summed E-state index contributed by atoms with van der Waals surface area (Å²) in [7, 11) is 2.10. The van der Waals surface area contributed by atoms with Crippen molar-refractivity contribution in [2.45, 2.75) is 0 Å². The van der Waals surface area contributed by atoms with Crippen LogP contribution in [0.1, 0.15) is 10.4 Å². The highest BCUT2D eigenvalue weighted by Crippen LogP contribution is 2.19. The quantitative estimate of drug-likeness (QED) is 0.871. The van der Waals surface area contributed by atoms with Crippen molar-refractivity contribution in [1.29, 1.82) is 0 Å². The fourth-order valence-corrected chi connectivity index (χ4v) is 2.91. The zero-order valence-corrected chi connectivity index (χ0v) is 14.9. The second-order valence-corrected chi connectivity index (χ2v) is 6.69. The molecule has 1 aliphatic heterocycles. The van der Waals surface area contributed by atoms with Gasteiger partial charge in [-0.25, -0.2) is 9.37 Å². The lowest BCUT2D eigenvalue weighted by atomic mass is 10.2. The van der Waals surface area contributed by atoms with Crippen LogP contribution in [0.4, 0.5) is 15.9 Å². The summed E-state index contributed by atoms with van der Waals surface area (Å²) in [6.45, 7) is 3.86. The monoisotopic (exact) mass is 392 g/mol. The minimum Gasteiger partial charge on any atom is -0.354 e. The number of pyridine rings is 1. The standard InChI is InChI=1S/C17H18BrFN4O/c1-22-6-8-23(9-7-22)16-5-3-13(11-20-16)21-17(24)14-10-12(18)2-4-15(14)19/h2-5,10-11H,6-9H2,1H3,(H,21,24). The van der Waals surface area contributed by atoms with E-state index in [4.69, 9.17) is 0 Å². The number of hydrogen-bond acceptors (Lipinski definition) is 4. The molecule has 0 unspecified atom stereocenters. The third-order valence-electron chi connectivity index (χ3n) is 4.01. The number of carbonyl (C=O) groups excluding carboxylic acids is 1. The van der Waals surface area contributed by atoms with Crippen LogP contribution in [0.2, 0.25) is 0 Å². The molecular formula is C17H18BrFN4O. The molecule has 0 aliphatic carbocycles. The van der Waals surface area contributed by atoms with Crippen LogP contribution >= 0.6 is 15.9 Å². The van der Waals surface area contributed by atoms with E-state index in [0.29, 0.717) is 10.2 Å². The number of anilines is 2. The molecule has 0 spiro atoms. The molecule has 0 saturated carbocycles. The van der Waals surface area contributed by atoms with Gasteiger partial charge in [-0.3, -0.25) is 4.79 Å². The van der Waals surface area contributed by atoms with Crippen LogP contribution in [0.5, 0.6) is 0 Å². The Morgan fingerprint density at radius 2 is 1.96 bits per heavy atom. The minimum absolute atomic E-state index is 0.00693. The molecule has 3 rings (SSSR count). The summed E-state index contributed by atoms with van der Waals surface area (Å²) in [5.41, 5.74) is 0.532. The van der Waals surface area contributed by atoms with Gasteiger partial charge in [-0.15, -0.1) is 0 Å².